The largest absolute Gasteiger partial charge is 0.573 e. The van der Waals surface area contributed by atoms with Crippen LogP contribution in [-0.4, -0.2) is 41.8 Å². The van der Waals surface area contributed by atoms with Gasteiger partial charge in [-0.3, -0.25) is 4.79 Å². The van der Waals surface area contributed by atoms with Gasteiger partial charge in [0.15, 0.2) is 5.67 Å². The number of hydrogen-bond donors (Lipinski definition) is 1. The van der Waals surface area contributed by atoms with Gasteiger partial charge in [0.1, 0.15) is 11.6 Å². The fraction of sp³-hybridized carbons (Fsp3) is 0.296. The van der Waals surface area contributed by atoms with Crippen LogP contribution in [0.15, 0.2) is 66.1 Å². The van der Waals surface area contributed by atoms with Crippen LogP contribution in [-0.2, 0) is 27.3 Å². The van der Waals surface area contributed by atoms with Gasteiger partial charge in [0.25, 0.3) is 17.4 Å². The number of aromatic nitrogens is 2. The number of ether oxygens (including phenoxy) is 2. The predicted octanol–water partition coefficient (Wildman–Crippen LogP) is 5.98. The molecule has 16 heteroatoms. The molecule has 2 aromatic carbocycles. The molecule has 1 amide bonds. The molecule has 230 valence electrons. The fourth-order valence-corrected chi connectivity index (χ4v) is 4.55. The van der Waals surface area contributed by atoms with E-state index in [-0.39, 0.29) is 11.3 Å². The van der Waals surface area contributed by atoms with Crippen molar-refractivity contribution in [2.45, 2.75) is 42.8 Å². The first-order valence-electron chi connectivity index (χ1n) is 12.2. The summed E-state index contributed by atoms with van der Waals surface area (Å²) < 4.78 is 124. The maximum Gasteiger partial charge on any atom is 0.573 e. The van der Waals surface area contributed by atoms with Crippen LogP contribution >= 0.6 is 0 Å². The number of allylic oxidation sites excluding steroid dienone is 1. The number of hydrogen-bond acceptors (Lipinski definition) is 7. The van der Waals surface area contributed by atoms with E-state index < -0.39 is 83.2 Å². The molecule has 3 atom stereocenters. The Balaban J connectivity index is 1.85. The van der Waals surface area contributed by atoms with E-state index in [1.54, 1.807) is 0 Å². The highest BCUT2D eigenvalue weighted by molar-refractivity contribution is 5.99. The summed E-state index contributed by atoms with van der Waals surface area (Å²) in [6.45, 7) is 6.15. The summed E-state index contributed by atoms with van der Waals surface area (Å²) >= 11 is 0. The number of methoxy groups -OCH3 is 1. The molecule has 0 spiro atoms. The summed E-state index contributed by atoms with van der Waals surface area (Å²) in [5.74, 6) is -4.52. The highest BCUT2D eigenvalue weighted by Crippen LogP contribution is 2.46. The lowest BCUT2D eigenvalue weighted by molar-refractivity contribution is -0.274. The summed E-state index contributed by atoms with van der Waals surface area (Å²) in [6.07, 6.45) is -9.53. The van der Waals surface area contributed by atoms with E-state index in [4.69, 9.17) is 10.2 Å². The number of rotatable bonds is 8. The lowest BCUT2D eigenvalue weighted by Crippen LogP contribution is -2.43. The van der Waals surface area contributed by atoms with Crippen molar-refractivity contribution in [3.05, 3.63) is 84.5 Å². The van der Waals surface area contributed by atoms with Gasteiger partial charge in [0.2, 0.25) is 5.91 Å². The zero-order valence-electron chi connectivity index (χ0n) is 22.1. The third kappa shape index (κ3) is 5.84. The van der Waals surface area contributed by atoms with E-state index >= 15 is 8.78 Å². The molecular formula is C27H22F8N4O4. The molecule has 4 rings (SSSR count). The number of amides is 1. The van der Waals surface area contributed by atoms with Crippen LogP contribution in [0.1, 0.15) is 23.4 Å². The van der Waals surface area contributed by atoms with Crippen LogP contribution in [0.5, 0.6) is 5.75 Å². The van der Waals surface area contributed by atoms with Crippen molar-refractivity contribution in [3.8, 4) is 17.2 Å². The van der Waals surface area contributed by atoms with E-state index in [0.717, 1.165) is 29.2 Å². The molecule has 2 N–H and O–H groups in total. The van der Waals surface area contributed by atoms with Crippen molar-refractivity contribution in [1.29, 1.82) is 0 Å². The van der Waals surface area contributed by atoms with Gasteiger partial charge in [-0.05, 0) is 35.9 Å². The van der Waals surface area contributed by atoms with Gasteiger partial charge in [-0.25, -0.2) is 8.78 Å². The van der Waals surface area contributed by atoms with E-state index in [2.05, 4.69) is 32.8 Å². The smallest absolute Gasteiger partial charge is 0.417 e. The summed E-state index contributed by atoms with van der Waals surface area (Å²) in [5.41, 5.74) is -0.893. The Morgan fingerprint density at radius 2 is 1.79 bits per heavy atom. The number of carbonyl (C=O) groups is 1. The van der Waals surface area contributed by atoms with E-state index in [9.17, 15) is 31.1 Å². The minimum atomic E-state index is -5.11. The van der Waals surface area contributed by atoms with Crippen molar-refractivity contribution in [3.63, 3.8) is 0 Å². The van der Waals surface area contributed by atoms with Crippen LogP contribution in [0.25, 0.3) is 11.5 Å². The Kier molecular flexibility index (Phi) is 8.14. The second kappa shape index (κ2) is 11.1. The maximum atomic E-state index is 16.1. The molecule has 43 heavy (non-hydrogen) atoms. The number of fused-ring (bicyclic) bond motifs is 1. The SMILES string of the molecule is C=C[C@@]1(F)C[C@H](N)C(=O)N(Cc2ccc(OC(F)(F)F)cc2)c2cc(-c3nnc([C@@](C=C)(OC)C(F)(F)F)o3)c(F)cc21. The molecule has 1 aliphatic heterocycles. The van der Waals surface area contributed by atoms with Crippen molar-refractivity contribution in [2.75, 3.05) is 12.0 Å². The third-order valence-corrected chi connectivity index (χ3v) is 6.75. The number of nitrogens with zero attached hydrogens (tertiary/aromatic N) is 3. The zero-order valence-corrected chi connectivity index (χ0v) is 22.1. The Hall–Kier alpha value is -4.31. The molecule has 0 saturated heterocycles. The topological polar surface area (TPSA) is 104 Å². The third-order valence-electron chi connectivity index (χ3n) is 6.75. The van der Waals surface area contributed by atoms with E-state index in [1.165, 1.54) is 12.1 Å². The molecule has 1 aromatic heterocycles. The Morgan fingerprint density at radius 3 is 2.33 bits per heavy atom. The van der Waals surface area contributed by atoms with Crippen LogP contribution in [0, 0.1) is 5.82 Å². The quantitative estimate of drug-likeness (QED) is 0.245. The molecule has 1 aliphatic rings. The summed E-state index contributed by atoms with van der Waals surface area (Å²) in [6, 6.07) is 4.48. The minimum Gasteiger partial charge on any atom is -0.417 e. The summed E-state index contributed by atoms with van der Waals surface area (Å²) in [4.78, 5) is 14.3. The van der Waals surface area contributed by atoms with E-state index in [0.29, 0.717) is 19.3 Å². The van der Waals surface area contributed by atoms with Crippen molar-refractivity contribution < 1.29 is 53.8 Å². The van der Waals surface area contributed by atoms with Crippen LogP contribution < -0.4 is 15.4 Å². The van der Waals surface area contributed by atoms with Crippen molar-refractivity contribution in [2.24, 2.45) is 5.73 Å². The lowest BCUT2D eigenvalue weighted by Gasteiger charge is -2.27. The van der Waals surface area contributed by atoms with Crippen LogP contribution in [0.3, 0.4) is 0 Å². The normalized spacial score (nSPS) is 20.7. The first-order chi connectivity index (χ1) is 20.0. The average molecular weight is 618 g/mol. The van der Waals surface area contributed by atoms with Crippen molar-refractivity contribution in [1.82, 2.24) is 10.2 Å². The second-order valence-corrected chi connectivity index (χ2v) is 9.40. The number of anilines is 1. The summed E-state index contributed by atoms with van der Waals surface area (Å²) in [5, 5.41) is 6.86. The fourth-order valence-electron chi connectivity index (χ4n) is 4.55. The Morgan fingerprint density at radius 1 is 1.14 bits per heavy atom. The molecule has 8 nitrogen and oxygen atoms in total. The Bertz CT molecular complexity index is 1540. The molecule has 0 unspecified atom stereocenters. The molecule has 3 aromatic rings. The molecule has 0 fully saturated rings. The minimum absolute atomic E-state index is 0.234. The van der Waals surface area contributed by atoms with Crippen LogP contribution in [0.2, 0.25) is 0 Å². The Labute approximate surface area is 238 Å². The molecule has 0 bridgehead atoms. The van der Waals surface area contributed by atoms with Gasteiger partial charge in [-0.15, -0.1) is 23.4 Å². The monoisotopic (exact) mass is 618 g/mol. The van der Waals surface area contributed by atoms with E-state index in [1.807, 2.05) is 0 Å². The number of benzene rings is 2. The standard InChI is InChI=1S/C27H22F8N4O4/c1-4-24(29)12-19(36)22(40)39(13-14-6-8-15(9-7-14)43-27(33,34)35)20-10-16(18(28)11-17(20)24)21-37-38-23(42-21)25(5-2,41-3)26(30,31)32/h4-11,19H,1-2,12-13,36H2,3H3/t19-,24+,25+/m0/s1. The molecular weight excluding hydrogens is 596 g/mol. The van der Waals surface area contributed by atoms with Gasteiger partial charge >= 0.3 is 12.5 Å². The first kappa shape index (κ1) is 31.6. The van der Waals surface area contributed by atoms with Gasteiger partial charge in [0, 0.05) is 19.1 Å². The number of alkyl halides is 7. The van der Waals surface area contributed by atoms with Crippen molar-refractivity contribution >= 4 is 11.6 Å². The molecule has 0 saturated carbocycles. The van der Waals surface area contributed by atoms with Gasteiger partial charge in [-0.1, -0.05) is 31.4 Å². The van der Waals surface area contributed by atoms with Gasteiger partial charge in [0.05, 0.1) is 23.8 Å². The summed E-state index contributed by atoms with van der Waals surface area (Å²) in [7, 11) is 0.715. The number of carbonyl (C=O) groups excluding carboxylic acids is 1. The lowest BCUT2D eigenvalue weighted by atomic mass is 9.88. The highest BCUT2D eigenvalue weighted by atomic mass is 19.4. The van der Waals surface area contributed by atoms with Gasteiger partial charge < -0.3 is 24.5 Å². The molecule has 0 radical (unpaired) electrons. The highest BCUT2D eigenvalue weighted by Gasteiger charge is 2.59. The average Bonchev–Trinajstić information content (AvgIpc) is 3.39. The van der Waals surface area contributed by atoms with Gasteiger partial charge in [-0.2, -0.15) is 13.2 Å². The first-order valence-corrected chi connectivity index (χ1v) is 12.2. The maximum absolute atomic E-state index is 16.1. The predicted molar refractivity (Wildman–Crippen MR) is 135 cm³/mol. The second-order valence-electron chi connectivity index (χ2n) is 9.40. The molecule has 2 heterocycles. The zero-order chi connectivity index (χ0) is 32.0. The molecule has 0 aliphatic carbocycles. The van der Waals surface area contributed by atoms with Crippen LogP contribution in [0.4, 0.5) is 40.8 Å². The number of nitrogens with two attached hydrogens (primary N) is 1. The number of halogens is 8.